The minimum absolute atomic E-state index is 0.289. The van der Waals surface area contributed by atoms with Crippen LogP contribution in [0, 0.1) is 13.8 Å². The molecular formula is C18H28N2O2. The van der Waals surface area contributed by atoms with Crippen LogP contribution in [0.25, 0.3) is 0 Å². The van der Waals surface area contributed by atoms with Crippen molar-refractivity contribution in [3.8, 4) is 0 Å². The van der Waals surface area contributed by atoms with E-state index in [1.807, 2.05) is 4.90 Å². The fraction of sp³-hybridized carbons (Fsp3) is 0.611. The molecule has 0 atom stereocenters. The van der Waals surface area contributed by atoms with E-state index in [1.165, 1.54) is 16.8 Å². The second-order valence-electron chi connectivity index (χ2n) is 6.04. The molecule has 0 aromatic heterocycles. The molecule has 0 radical (unpaired) electrons. The van der Waals surface area contributed by atoms with Crippen LogP contribution in [0.1, 0.15) is 30.4 Å². The van der Waals surface area contributed by atoms with E-state index in [9.17, 15) is 4.79 Å². The standard InChI is InChI=1S/C18H28N2O2/c1-15-7-6-8-17(16(15)2)19-10-12-20(13-11-19)18(21)9-4-5-14-22-3/h6-8H,4-5,9-14H2,1-3H3. The Balaban J connectivity index is 1.82. The first-order chi connectivity index (χ1) is 10.6. The summed E-state index contributed by atoms with van der Waals surface area (Å²) in [5.41, 5.74) is 3.99. The van der Waals surface area contributed by atoms with Crippen molar-refractivity contribution in [3.63, 3.8) is 0 Å². The fourth-order valence-electron chi connectivity index (χ4n) is 2.96. The van der Waals surface area contributed by atoms with Crippen molar-refractivity contribution < 1.29 is 9.53 Å². The maximum Gasteiger partial charge on any atom is 0.222 e. The van der Waals surface area contributed by atoms with Crippen LogP contribution in [0.2, 0.25) is 0 Å². The van der Waals surface area contributed by atoms with Crippen molar-refractivity contribution in [2.24, 2.45) is 0 Å². The summed E-state index contributed by atoms with van der Waals surface area (Å²) in [6, 6.07) is 6.45. The maximum absolute atomic E-state index is 12.2. The van der Waals surface area contributed by atoms with Gasteiger partial charge in [-0.1, -0.05) is 12.1 Å². The molecule has 4 heteroatoms. The first-order valence-electron chi connectivity index (χ1n) is 8.21. The number of anilines is 1. The van der Waals surface area contributed by atoms with E-state index in [4.69, 9.17) is 4.74 Å². The van der Waals surface area contributed by atoms with Crippen molar-refractivity contribution in [1.29, 1.82) is 0 Å². The normalized spacial score (nSPS) is 15.2. The molecule has 0 unspecified atom stereocenters. The summed E-state index contributed by atoms with van der Waals surface area (Å²) in [6.45, 7) is 8.58. The maximum atomic E-state index is 12.2. The minimum Gasteiger partial charge on any atom is -0.385 e. The second-order valence-corrected chi connectivity index (χ2v) is 6.04. The van der Waals surface area contributed by atoms with Crippen LogP contribution < -0.4 is 4.90 Å². The molecule has 1 aromatic carbocycles. The van der Waals surface area contributed by atoms with Crippen LogP contribution >= 0.6 is 0 Å². The summed E-state index contributed by atoms with van der Waals surface area (Å²) in [4.78, 5) is 16.6. The Morgan fingerprint density at radius 2 is 1.86 bits per heavy atom. The average Bonchev–Trinajstić information content (AvgIpc) is 2.54. The van der Waals surface area contributed by atoms with Gasteiger partial charge in [0.2, 0.25) is 5.91 Å². The molecule has 1 fully saturated rings. The lowest BCUT2D eigenvalue weighted by Gasteiger charge is -2.37. The van der Waals surface area contributed by atoms with E-state index >= 15 is 0 Å². The Morgan fingerprint density at radius 1 is 1.14 bits per heavy atom. The molecule has 0 saturated carbocycles. The summed E-state index contributed by atoms with van der Waals surface area (Å²) in [5, 5.41) is 0. The summed E-state index contributed by atoms with van der Waals surface area (Å²) in [6.07, 6.45) is 2.53. The highest BCUT2D eigenvalue weighted by molar-refractivity contribution is 5.76. The van der Waals surface area contributed by atoms with E-state index in [2.05, 4.69) is 36.9 Å². The first kappa shape index (κ1) is 16.8. The molecule has 1 heterocycles. The summed E-state index contributed by atoms with van der Waals surface area (Å²) >= 11 is 0. The molecule has 22 heavy (non-hydrogen) atoms. The van der Waals surface area contributed by atoms with Crippen molar-refractivity contribution in [3.05, 3.63) is 29.3 Å². The highest BCUT2D eigenvalue weighted by atomic mass is 16.5. The van der Waals surface area contributed by atoms with Crippen LogP contribution in [-0.2, 0) is 9.53 Å². The van der Waals surface area contributed by atoms with Gasteiger partial charge in [0.1, 0.15) is 0 Å². The van der Waals surface area contributed by atoms with Gasteiger partial charge in [0.15, 0.2) is 0 Å². The van der Waals surface area contributed by atoms with Crippen LogP contribution in [-0.4, -0.2) is 50.7 Å². The lowest BCUT2D eigenvalue weighted by molar-refractivity contribution is -0.131. The molecule has 1 amide bonds. The van der Waals surface area contributed by atoms with E-state index in [0.717, 1.165) is 45.6 Å². The molecule has 0 spiro atoms. The zero-order valence-corrected chi connectivity index (χ0v) is 14.1. The smallest absolute Gasteiger partial charge is 0.222 e. The number of nitrogens with zero attached hydrogens (tertiary/aromatic N) is 2. The van der Waals surface area contributed by atoms with Crippen LogP contribution in [0.5, 0.6) is 0 Å². The van der Waals surface area contributed by atoms with Gasteiger partial charge in [-0.2, -0.15) is 0 Å². The molecule has 2 rings (SSSR count). The van der Waals surface area contributed by atoms with E-state index in [-0.39, 0.29) is 5.91 Å². The molecule has 1 aliphatic heterocycles. The third-order valence-electron chi connectivity index (χ3n) is 4.54. The molecule has 0 aliphatic carbocycles. The number of methoxy groups -OCH3 is 1. The van der Waals surface area contributed by atoms with Gasteiger partial charge in [0.25, 0.3) is 0 Å². The zero-order chi connectivity index (χ0) is 15.9. The number of hydrogen-bond acceptors (Lipinski definition) is 3. The Labute approximate surface area is 134 Å². The number of unbranched alkanes of at least 4 members (excludes halogenated alkanes) is 1. The highest BCUT2D eigenvalue weighted by Gasteiger charge is 2.21. The van der Waals surface area contributed by atoms with Crippen molar-refractivity contribution in [2.45, 2.75) is 33.1 Å². The number of rotatable bonds is 6. The Kier molecular flexibility index (Phi) is 6.25. The molecule has 1 aromatic rings. The van der Waals surface area contributed by atoms with Gasteiger partial charge in [-0.15, -0.1) is 0 Å². The molecule has 4 nitrogen and oxygen atoms in total. The monoisotopic (exact) mass is 304 g/mol. The number of hydrogen-bond donors (Lipinski definition) is 0. The zero-order valence-electron chi connectivity index (χ0n) is 14.1. The Morgan fingerprint density at radius 3 is 2.55 bits per heavy atom. The number of aryl methyl sites for hydroxylation is 1. The number of ether oxygens (including phenoxy) is 1. The van der Waals surface area contributed by atoms with Crippen molar-refractivity contribution in [1.82, 2.24) is 4.90 Å². The second kappa shape index (κ2) is 8.18. The topological polar surface area (TPSA) is 32.8 Å². The summed E-state index contributed by atoms with van der Waals surface area (Å²) in [7, 11) is 1.70. The van der Waals surface area contributed by atoms with Crippen LogP contribution in [0.15, 0.2) is 18.2 Å². The third kappa shape index (κ3) is 4.23. The van der Waals surface area contributed by atoms with Gasteiger partial charge in [0.05, 0.1) is 0 Å². The van der Waals surface area contributed by atoms with Crippen LogP contribution in [0.4, 0.5) is 5.69 Å². The van der Waals surface area contributed by atoms with Gasteiger partial charge in [0, 0.05) is 52.0 Å². The van der Waals surface area contributed by atoms with E-state index < -0.39 is 0 Å². The molecule has 122 valence electrons. The number of amides is 1. The quantitative estimate of drug-likeness (QED) is 0.758. The number of piperazine rings is 1. The lowest BCUT2D eigenvalue weighted by atomic mass is 10.1. The van der Waals surface area contributed by atoms with Gasteiger partial charge in [-0.05, 0) is 43.9 Å². The molecule has 0 bridgehead atoms. The van der Waals surface area contributed by atoms with E-state index in [0.29, 0.717) is 6.42 Å². The SMILES string of the molecule is COCCCCC(=O)N1CCN(c2cccc(C)c2C)CC1. The first-order valence-corrected chi connectivity index (χ1v) is 8.21. The lowest BCUT2D eigenvalue weighted by Crippen LogP contribution is -2.49. The summed E-state index contributed by atoms with van der Waals surface area (Å²) < 4.78 is 5.02. The van der Waals surface area contributed by atoms with Crippen LogP contribution in [0.3, 0.4) is 0 Å². The van der Waals surface area contributed by atoms with Gasteiger partial charge < -0.3 is 14.5 Å². The summed E-state index contributed by atoms with van der Waals surface area (Å²) in [5.74, 6) is 0.289. The predicted molar refractivity (Wildman–Crippen MR) is 90.4 cm³/mol. The molecule has 1 aliphatic rings. The van der Waals surface area contributed by atoms with E-state index in [1.54, 1.807) is 7.11 Å². The predicted octanol–water partition coefficient (Wildman–Crippen LogP) is 2.77. The van der Waals surface area contributed by atoms with Crippen molar-refractivity contribution >= 4 is 11.6 Å². The Bertz CT molecular complexity index is 494. The van der Waals surface area contributed by atoms with Gasteiger partial charge >= 0.3 is 0 Å². The number of carbonyl (C=O) groups is 1. The highest BCUT2D eigenvalue weighted by Crippen LogP contribution is 2.24. The fourth-order valence-corrected chi connectivity index (χ4v) is 2.96. The molecular weight excluding hydrogens is 276 g/mol. The van der Waals surface area contributed by atoms with Gasteiger partial charge in [-0.25, -0.2) is 0 Å². The number of benzene rings is 1. The van der Waals surface area contributed by atoms with Crippen molar-refractivity contribution in [2.75, 3.05) is 44.8 Å². The largest absolute Gasteiger partial charge is 0.385 e. The Hall–Kier alpha value is -1.55. The molecule has 1 saturated heterocycles. The average molecular weight is 304 g/mol. The third-order valence-corrected chi connectivity index (χ3v) is 4.54. The number of carbonyl (C=O) groups excluding carboxylic acids is 1. The minimum atomic E-state index is 0.289. The molecule has 0 N–H and O–H groups in total. The van der Waals surface area contributed by atoms with Gasteiger partial charge in [-0.3, -0.25) is 4.79 Å².